The SMILES string of the molecule is CC(C)C[C@H](NC(=O)[C@H](Cc1ccc(F)cc1)NC(=O)OC(C)(C)C)C(=O)O. The third-order valence-corrected chi connectivity index (χ3v) is 3.68. The first-order valence-electron chi connectivity index (χ1n) is 9.14. The Morgan fingerprint density at radius 3 is 2.11 bits per heavy atom. The predicted molar refractivity (Wildman–Crippen MR) is 102 cm³/mol. The molecule has 0 saturated carbocycles. The molecule has 0 aliphatic rings. The van der Waals surface area contributed by atoms with Gasteiger partial charge in [-0.1, -0.05) is 26.0 Å². The highest BCUT2D eigenvalue weighted by Crippen LogP contribution is 2.11. The molecule has 0 spiro atoms. The molecule has 0 aromatic heterocycles. The standard InChI is InChI=1S/C20H29FN2O5/c1-12(2)10-16(18(25)26)22-17(24)15(23-19(27)28-20(3,4)5)11-13-6-8-14(21)9-7-13/h6-9,12,15-16H,10-11H2,1-5H3,(H,22,24)(H,23,27)(H,25,26)/t15-,16-/m0/s1. The summed E-state index contributed by atoms with van der Waals surface area (Å²) in [7, 11) is 0. The van der Waals surface area contributed by atoms with Gasteiger partial charge >= 0.3 is 12.1 Å². The van der Waals surface area contributed by atoms with E-state index in [0.717, 1.165) is 0 Å². The van der Waals surface area contributed by atoms with Crippen LogP contribution in [-0.4, -0.2) is 40.8 Å². The van der Waals surface area contributed by atoms with Gasteiger partial charge in [0.25, 0.3) is 0 Å². The fraction of sp³-hybridized carbons (Fsp3) is 0.550. The lowest BCUT2D eigenvalue weighted by atomic mass is 10.0. The molecular formula is C20H29FN2O5. The monoisotopic (exact) mass is 396 g/mol. The highest BCUT2D eigenvalue weighted by Gasteiger charge is 2.28. The molecular weight excluding hydrogens is 367 g/mol. The summed E-state index contributed by atoms with van der Waals surface area (Å²) in [5.41, 5.74) is -0.157. The number of ether oxygens (including phenoxy) is 1. The third kappa shape index (κ3) is 8.83. The molecule has 0 heterocycles. The number of hydrogen-bond acceptors (Lipinski definition) is 4. The van der Waals surface area contributed by atoms with Gasteiger partial charge in [0.1, 0.15) is 23.5 Å². The molecule has 0 bridgehead atoms. The van der Waals surface area contributed by atoms with Crippen molar-refractivity contribution in [2.24, 2.45) is 5.92 Å². The molecule has 2 amide bonds. The number of halogens is 1. The van der Waals surface area contributed by atoms with Gasteiger partial charge in [0, 0.05) is 6.42 Å². The van der Waals surface area contributed by atoms with E-state index in [9.17, 15) is 23.9 Å². The van der Waals surface area contributed by atoms with Crippen molar-refractivity contribution < 1.29 is 28.6 Å². The maximum Gasteiger partial charge on any atom is 0.408 e. The van der Waals surface area contributed by atoms with E-state index in [0.29, 0.717) is 5.56 Å². The summed E-state index contributed by atoms with van der Waals surface area (Å²) in [4.78, 5) is 36.2. The minimum atomic E-state index is -1.15. The van der Waals surface area contributed by atoms with Crippen molar-refractivity contribution in [2.45, 2.75) is 65.1 Å². The highest BCUT2D eigenvalue weighted by molar-refractivity contribution is 5.89. The van der Waals surface area contributed by atoms with E-state index in [1.165, 1.54) is 24.3 Å². The van der Waals surface area contributed by atoms with Crippen LogP contribution in [0.4, 0.5) is 9.18 Å². The van der Waals surface area contributed by atoms with Crippen molar-refractivity contribution in [3.8, 4) is 0 Å². The molecule has 156 valence electrons. The third-order valence-electron chi connectivity index (χ3n) is 3.68. The minimum absolute atomic E-state index is 0.0516. The van der Waals surface area contributed by atoms with Crippen molar-refractivity contribution >= 4 is 18.0 Å². The van der Waals surface area contributed by atoms with Crippen molar-refractivity contribution in [3.05, 3.63) is 35.6 Å². The summed E-state index contributed by atoms with van der Waals surface area (Å²) in [6, 6.07) is 3.33. The zero-order valence-corrected chi connectivity index (χ0v) is 16.9. The van der Waals surface area contributed by atoms with E-state index in [4.69, 9.17) is 4.74 Å². The average Bonchev–Trinajstić information content (AvgIpc) is 2.53. The Labute approximate surface area is 164 Å². The normalized spacial score (nSPS) is 13.5. The first kappa shape index (κ1) is 23.4. The summed E-state index contributed by atoms with van der Waals surface area (Å²) in [6.45, 7) is 8.74. The number of carbonyl (C=O) groups is 3. The number of amides is 2. The van der Waals surface area contributed by atoms with Crippen molar-refractivity contribution in [2.75, 3.05) is 0 Å². The fourth-order valence-electron chi connectivity index (χ4n) is 2.48. The Bertz CT molecular complexity index is 683. The summed E-state index contributed by atoms with van der Waals surface area (Å²) in [5, 5.41) is 14.3. The van der Waals surface area contributed by atoms with E-state index in [2.05, 4.69) is 10.6 Å². The van der Waals surface area contributed by atoms with Gasteiger partial charge in [0.05, 0.1) is 0 Å². The number of carboxylic acid groups (broad SMARTS) is 1. The van der Waals surface area contributed by atoms with Crippen LogP contribution in [0.2, 0.25) is 0 Å². The molecule has 28 heavy (non-hydrogen) atoms. The summed E-state index contributed by atoms with van der Waals surface area (Å²) in [5.74, 6) is -2.17. The van der Waals surface area contributed by atoms with Crippen LogP contribution in [0.1, 0.15) is 46.6 Å². The number of alkyl carbamates (subject to hydrolysis) is 1. The van der Waals surface area contributed by atoms with Crippen molar-refractivity contribution in [3.63, 3.8) is 0 Å². The lowest BCUT2D eigenvalue weighted by Gasteiger charge is -2.25. The van der Waals surface area contributed by atoms with Crippen LogP contribution in [0.5, 0.6) is 0 Å². The molecule has 0 aliphatic heterocycles. The molecule has 1 rings (SSSR count). The molecule has 0 saturated heterocycles. The molecule has 1 aromatic carbocycles. The second-order valence-electron chi connectivity index (χ2n) is 8.06. The first-order valence-corrected chi connectivity index (χ1v) is 9.14. The number of nitrogens with one attached hydrogen (secondary N) is 2. The highest BCUT2D eigenvalue weighted by atomic mass is 19.1. The first-order chi connectivity index (χ1) is 12.9. The minimum Gasteiger partial charge on any atom is -0.480 e. The molecule has 8 heteroatoms. The largest absolute Gasteiger partial charge is 0.480 e. The van der Waals surface area contributed by atoms with Crippen molar-refractivity contribution in [1.82, 2.24) is 10.6 Å². The summed E-state index contributed by atoms with van der Waals surface area (Å²) in [6.07, 6.45) is -0.499. The second-order valence-corrected chi connectivity index (χ2v) is 8.06. The number of carbonyl (C=O) groups excluding carboxylic acids is 2. The average molecular weight is 396 g/mol. The lowest BCUT2D eigenvalue weighted by Crippen LogP contribution is -2.53. The topological polar surface area (TPSA) is 105 Å². The number of benzene rings is 1. The number of hydrogen-bond donors (Lipinski definition) is 3. The quantitative estimate of drug-likeness (QED) is 0.627. The van der Waals surface area contributed by atoms with E-state index < -0.39 is 41.5 Å². The zero-order chi connectivity index (χ0) is 21.5. The number of aliphatic carboxylic acids is 1. The Balaban J connectivity index is 2.96. The van der Waals surface area contributed by atoms with E-state index in [-0.39, 0.29) is 18.8 Å². The van der Waals surface area contributed by atoms with Gasteiger partial charge in [-0.2, -0.15) is 0 Å². The lowest BCUT2D eigenvalue weighted by molar-refractivity contribution is -0.142. The molecule has 0 radical (unpaired) electrons. The van der Waals surface area contributed by atoms with E-state index in [1.54, 1.807) is 20.8 Å². The van der Waals surface area contributed by atoms with Crippen LogP contribution in [0.3, 0.4) is 0 Å². The maximum atomic E-state index is 13.1. The summed E-state index contributed by atoms with van der Waals surface area (Å²) >= 11 is 0. The van der Waals surface area contributed by atoms with Crippen LogP contribution >= 0.6 is 0 Å². The summed E-state index contributed by atoms with van der Waals surface area (Å²) < 4.78 is 18.3. The van der Waals surface area contributed by atoms with Crippen molar-refractivity contribution in [1.29, 1.82) is 0 Å². The fourth-order valence-corrected chi connectivity index (χ4v) is 2.48. The van der Waals surface area contributed by atoms with Gasteiger partial charge in [-0.15, -0.1) is 0 Å². The zero-order valence-electron chi connectivity index (χ0n) is 16.9. The maximum absolute atomic E-state index is 13.1. The smallest absolute Gasteiger partial charge is 0.408 e. The number of carboxylic acids is 1. The van der Waals surface area contributed by atoms with Gasteiger partial charge in [-0.3, -0.25) is 4.79 Å². The second kappa shape index (κ2) is 10.1. The molecule has 3 N–H and O–H groups in total. The van der Waals surface area contributed by atoms with Crippen LogP contribution in [-0.2, 0) is 20.7 Å². The van der Waals surface area contributed by atoms with Gasteiger partial charge in [-0.25, -0.2) is 14.0 Å². The van der Waals surface area contributed by atoms with Gasteiger partial charge in [0.2, 0.25) is 5.91 Å². The van der Waals surface area contributed by atoms with Crippen LogP contribution < -0.4 is 10.6 Å². The van der Waals surface area contributed by atoms with Gasteiger partial charge < -0.3 is 20.5 Å². The molecule has 0 fully saturated rings. The Morgan fingerprint density at radius 2 is 1.64 bits per heavy atom. The molecule has 1 aromatic rings. The Morgan fingerprint density at radius 1 is 1.07 bits per heavy atom. The van der Waals surface area contributed by atoms with Crippen LogP contribution in [0, 0.1) is 11.7 Å². The van der Waals surface area contributed by atoms with Crippen LogP contribution in [0.15, 0.2) is 24.3 Å². The molecule has 2 atom stereocenters. The number of rotatable bonds is 8. The molecule has 0 aliphatic carbocycles. The van der Waals surface area contributed by atoms with Gasteiger partial charge in [0.15, 0.2) is 0 Å². The molecule has 0 unspecified atom stereocenters. The van der Waals surface area contributed by atoms with E-state index in [1.807, 2.05) is 13.8 Å². The molecule has 7 nitrogen and oxygen atoms in total. The Hall–Kier alpha value is -2.64. The van der Waals surface area contributed by atoms with Gasteiger partial charge in [-0.05, 0) is 50.8 Å². The Kier molecular flexibility index (Phi) is 8.40. The van der Waals surface area contributed by atoms with E-state index >= 15 is 0 Å². The predicted octanol–water partition coefficient (Wildman–Crippen LogP) is 2.88. The van der Waals surface area contributed by atoms with Crippen LogP contribution in [0.25, 0.3) is 0 Å².